The van der Waals surface area contributed by atoms with Gasteiger partial charge in [-0.2, -0.15) is 4.98 Å². The highest BCUT2D eigenvalue weighted by Crippen LogP contribution is 2.32. The number of hydrogen-bond acceptors (Lipinski definition) is 7. The molecule has 9 nitrogen and oxygen atoms in total. The van der Waals surface area contributed by atoms with Crippen LogP contribution in [0.25, 0.3) is 16.6 Å². The third kappa shape index (κ3) is 5.16. The number of nitrogens with zero attached hydrogens (tertiary/aromatic N) is 4. The molecule has 1 saturated heterocycles. The van der Waals surface area contributed by atoms with Crippen LogP contribution in [0.3, 0.4) is 0 Å². The van der Waals surface area contributed by atoms with Crippen molar-refractivity contribution < 1.29 is 9.53 Å². The fraction of sp³-hybridized carbons (Fsp3) is 0.281. The lowest BCUT2D eigenvalue weighted by Gasteiger charge is -2.30. The summed E-state index contributed by atoms with van der Waals surface area (Å²) in [6.07, 6.45) is 5.37. The first-order valence-corrected chi connectivity index (χ1v) is 14.2. The van der Waals surface area contributed by atoms with Crippen molar-refractivity contribution >= 4 is 45.5 Å². The van der Waals surface area contributed by atoms with E-state index in [0.29, 0.717) is 17.2 Å². The molecule has 0 spiro atoms. The second kappa shape index (κ2) is 11.5. The number of anilines is 4. The van der Waals surface area contributed by atoms with Gasteiger partial charge in [-0.15, -0.1) is 0 Å². The van der Waals surface area contributed by atoms with Crippen LogP contribution in [0.15, 0.2) is 67.0 Å². The van der Waals surface area contributed by atoms with Gasteiger partial charge in [-0.25, -0.2) is 4.98 Å². The van der Waals surface area contributed by atoms with Crippen molar-refractivity contribution in [3.05, 3.63) is 83.7 Å². The van der Waals surface area contributed by atoms with Crippen molar-refractivity contribution in [2.24, 2.45) is 0 Å². The van der Waals surface area contributed by atoms with Gasteiger partial charge >= 0.3 is 0 Å². The Morgan fingerprint density at radius 2 is 1.80 bits per heavy atom. The van der Waals surface area contributed by atoms with E-state index < -0.39 is 0 Å². The number of aryl methyl sites for hydroxylation is 2. The number of piperazine rings is 1. The number of fused-ring (bicyclic) bond motifs is 3. The van der Waals surface area contributed by atoms with E-state index in [4.69, 9.17) is 9.72 Å². The van der Waals surface area contributed by atoms with Gasteiger partial charge in [-0.1, -0.05) is 32.0 Å². The monoisotopic (exact) mass is 549 g/mol. The molecule has 1 aliphatic heterocycles. The van der Waals surface area contributed by atoms with Gasteiger partial charge in [-0.3, -0.25) is 4.79 Å². The Morgan fingerprint density at radius 1 is 1.02 bits per heavy atom. The number of pyridine rings is 1. The number of carbonyl (C=O) groups is 1. The average Bonchev–Trinajstić information content (AvgIpc) is 3.47. The first kappa shape index (κ1) is 26.6. The molecule has 1 fully saturated rings. The summed E-state index contributed by atoms with van der Waals surface area (Å²) in [5.41, 5.74) is 7.17. The molecule has 0 aliphatic carbocycles. The maximum absolute atomic E-state index is 13.5. The van der Waals surface area contributed by atoms with E-state index in [-0.39, 0.29) is 5.91 Å². The van der Waals surface area contributed by atoms with Crippen molar-refractivity contribution in [1.82, 2.24) is 19.7 Å². The van der Waals surface area contributed by atoms with Crippen LogP contribution in [-0.2, 0) is 12.8 Å². The van der Waals surface area contributed by atoms with Crippen LogP contribution in [0.4, 0.5) is 23.0 Å². The van der Waals surface area contributed by atoms with E-state index in [1.807, 2.05) is 40.9 Å². The molecule has 6 rings (SSSR count). The van der Waals surface area contributed by atoms with Gasteiger partial charge in [0.2, 0.25) is 5.95 Å². The summed E-state index contributed by atoms with van der Waals surface area (Å²) in [7, 11) is 1.67. The Kier molecular flexibility index (Phi) is 7.43. The van der Waals surface area contributed by atoms with Crippen molar-refractivity contribution in [2.75, 3.05) is 48.8 Å². The van der Waals surface area contributed by atoms with Crippen LogP contribution >= 0.6 is 0 Å². The zero-order chi connectivity index (χ0) is 28.3. The number of carbonyl (C=O) groups excluding carboxylic acids is 1. The van der Waals surface area contributed by atoms with Crippen molar-refractivity contribution in [3.8, 4) is 5.75 Å². The Balaban J connectivity index is 1.30. The van der Waals surface area contributed by atoms with Gasteiger partial charge in [0.15, 0.2) is 0 Å². The lowest BCUT2D eigenvalue weighted by atomic mass is 10.0. The van der Waals surface area contributed by atoms with Gasteiger partial charge < -0.3 is 30.0 Å². The summed E-state index contributed by atoms with van der Waals surface area (Å²) >= 11 is 0. The van der Waals surface area contributed by atoms with E-state index in [1.165, 1.54) is 0 Å². The molecule has 0 bridgehead atoms. The molecule has 4 heterocycles. The molecule has 5 aromatic rings. The Morgan fingerprint density at radius 3 is 2.54 bits per heavy atom. The van der Waals surface area contributed by atoms with Crippen molar-refractivity contribution in [3.63, 3.8) is 0 Å². The molecule has 0 atom stereocenters. The Bertz CT molecular complexity index is 1700. The number of rotatable bonds is 8. The van der Waals surface area contributed by atoms with Crippen molar-refractivity contribution in [1.29, 1.82) is 0 Å². The molecule has 210 valence electrons. The number of hydrogen-bond donors (Lipinski definition) is 3. The molecule has 1 aliphatic rings. The maximum Gasteiger partial charge on any atom is 0.257 e. The summed E-state index contributed by atoms with van der Waals surface area (Å²) in [5, 5.41) is 10.8. The average molecular weight is 550 g/mol. The number of aromatic nitrogens is 3. The van der Waals surface area contributed by atoms with E-state index in [9.17, 15) is 4.79 Å². The second-order valence-electron chi connectivity index (χ2n) is 10.1. The number of ether oxygens (including phenoxy) is 1. The third-order valence-electron chi connectivity index (χ3n) is 7.77. The van der Waals surface area contributed by atoms with E-state index in [2.05, 4.69) is 63.9 Å². The predicted molar refractivity (Wildman–Crippen MR) is 165 cm³/mol. The topological polar surface area (TPSA) is 95.8 Å². The first-order valence-electron chi connectivity index (χ1n) is 14.2. The molecule has 9 heteroatoms. The zero-order valence-electron chi connectivity index (χ0n) is 23.7. The summed E-state index contributed by atoms with van der Waals surface area (Å²) in [6, 6.07) is 18.1. The van der Waals surface area contributed by atoms with Gasteiger partial charge in [0.1, 0.15) is 11.4 Å². The van der Waals surface area contributed by atoms with E-state index in [1.54, 1.807) is 13.3 Å². The Labute approximate surface area is 239 Å². The molecule has 41 heavy (non-hydrogen) atoms. The molecule has 1 amide bonds. The van der Waals surface area contributed by atoms with Gasteiger partial charge in [0.25, 0.3) is 5.91 Å². The number of nitrogens with one attached hydrogen (secondary N) is 3. The molecule has 0 radical (unpaired) electrons. The highest BCUT2D eigenvalue weighted by Gasteiger charge is 2.18. The number of methoxy groups -OCH3 is 1. The minimum atomic E-state index is -0.135. The Hall–Kier alpha value is -4.63. The molecule has 3 N–H and O–H groups in total. The number of para-hydroxylation sites is 1. The fourth-order valence-electron chi connectivity index (χ4n) is 5.52. The molecule has 3 aromatic heterocycles. The summed E-state index contributed by atoms with van der Waals surface area (Å²) in [6.45, 7) is 8.06. The molecular weight excluding hydrogens is 514 g/mol. The minimum absolute atomic E-state index is 0.135. The zero-order valence-corrected chi connectivity index (χ0v) is 23.7. The summed E-state index contributed by atoms with van der Waals surface area (Å²) in [4.78, 5) is 25.2. The van der Waals surface area contributed by atoms with E-state index in [0.717, 1.165) is 83.9 Å². The normalized spacial score (nSPS) is 13.5. The summed E-state index contributed by atoms with van der Waals surface area (Å²) < 4.78 is 7.65. The standard InChI is InChI=1S/C32H35N7O2/c1-4-21-7-6-8-22(5-2)29(21)36-31(40)25-13-16-39-27(25)12-9-23-20-34-32(37-30(23)39)35-26-11-10-24(19-28(26)41-3)38-17-14-33-15-18-38/h6-13,16,19-20,33H,4-5,14-15,17-18H2,1-3H3,(H,36,40)(H,34,35,37). The summed E-state index contributed by atoms with van der Waals surface area (Å²) in [5.74, 6) is 1.04. The number of benzene rings is 2. The predicted octanol–water partition coefficient (Wildman–Crippen LogP) is 5.42. The highest BCUT2D eigenvalue weighted by atomic mass is 16.5. The van der Waals surface area contributed by atoms with Gasteiger partial charge in [0.05, 0.1) is 23.9 Å². The first-order chi connectivity index (χ1) is 20.1. The number of amides is 1. The maximum atomic E-state index is 13.5. The van der Waals surface area contributed by atoms with Crippen LogP contribution < -0.4 is 25.6 Å². The molecule has 0 unspecified atom stereocenters. The SMILES string of the molecule is CCc1cccc(CC)c1NC(=O)c1ccn2c1ccc1cnc(Nc3ccc(N4CCNCC4)cc3OC)nc12. The van der Waals surface area contributed by atoms with Crippen LogP contribution in [-0.4, -0.2) is 53.6 Å². The lowest BCUT2D eigenvalue weighted by Crippen LogP contribution is -2.43. The highest BCUT2D eigenvalue weighted by molar-refractivity contribution is 6.10. The van der Waals surface area contributed by atoms with Crippen LogP contribution in [0.1, 0.15) is 35.3 Å². The minimum Gasteiger partial charge on any atom is -0.494 e. The van der Waals surface area contributed by atoms with Gasteiger partial charge in [0, 0.05) is 61.4 Å². The van der Waals surface area contributed by atoms with E-state index >= 15 is 0 Å². The smallest absolute Gasteiger partial charge is 0.257 e. The second-order valence-corrected chi connectivity index (χ2v) is 10.1. The molecular formula is C32H35N7O2. The fourth-order valence-corrected chi connectivity index (χ4v) is 5.52. The van der Waals surface area contributed by atoms with Gasteiger partial charge in [-0.05, 0) is 54.3 Å². The third-order valence-corrected chi connectivity index (χ3v) is 7.77. The largest absolute Gasteiger partial charge is 0.494 e. The van der Waals surface area contributed by atoms with Crippen LogP contribution in [0.5, 0.6) is 5.75 Å². The molecule has 0 saturated carbocycles. The van der Waals surface area contributed by atoms with Crippen LogP contribution in [0, 0.1) is 0 Å². The van der Waals surface area contributed by atoms with Crippen LogP contribution in [0.2, 0.25) is 0 Å². The molecule has 2 aromatic carbocycles. The quantitative estimate of drug-likeness (QED) is 0.238. The lowest BCUT2D eigenvalue weighted by molar-refractivity contribution is 0.102. The van der Waals surface area contributed by atoms with Crippen molar-refractivity contribution in [2.45, 2.75) is 26.7 Å².